The highest BCUT2D eigenvalue weighted by Crippen LogP contribution is 2.26. The van der Waals surface area contributed by atoms with Crippen LogP contribution in [0.15, 0.2) is 65.3 Å². The van der Waals surface area contributed by atoms with Crippen molar-refractivity contribution in [2.45, 2.75) is 39.0 Å². The summed E-state index contributed by atoms with van der Waals surface area (Å²) in [4.78, 5) is 6.56. The number of pyridine rings is 1. The minimum absolute atomic E-state index is 0.300. The van der Waals surface area contributed by atoms with Gasteiger partial charge in [0, 0.05) is 25.5 Å². The van der Waals surface area contributed by atoms with Crippen LogP contribution in [0.4, 0.5) is 0 Å². The number of hydrogen-bond acceptors (Lipinski definition) is 5. The summed E-state index contributed by atoms with van der Waals surface area (Å²) in [5.41, 5.74) is 2.36. The number of benzene rings is 1. The van der Waals surface area contributed by atoms with E-state index in [1.165, 1.54) is 18.4 Å². The second-order valence-electron chi connectivity index (χ2n) is 7.63. The van der Waals surface area contributed by atoms with Crippen molar-refractivity contribution in [1.29, 1.82) is 0 Å². The van der Waals surface area contributed by atoms with Crippen LogP contribution in [-0.4, -0.2) is 29.5 Å². The Kier molecular flexibility index (Phi) is 6.60. The normalized spacial score (nSPS) is 15.5. The van der Waals surface area contributed by atoms with Gasteiger partial charge in [0.25, 0.3) is 0 Å². The number of aryl methyl sites for hydroxylation is 1. The smallest absolute Gasteiger partial charge is 0.122 e. The van der Waals surface area contributed by atoms with Gasteiger partial charge in [-0.3, -0.25) is 9.88 Å². The fourth-order valence-corrected chi connectivity index (χ4v) is 3.80. The van der Waals surface area contributed by atoms with Crippen LogP contribution in [0.3, 0.4) is 0 Å². The number of rotatable bonds is 9. The molecular formula is C24H29N3O2. The average molecular weight is 392 g/mol. The first kappa shape index (κ1) is 19.7. The summed E-state index contributed by atoms with van der Waals surface area (Å²) in [7, 11) is 0. The summed E-state index contributed by atoms with van der Waals surface area (Å²) in [5, 5.41) is 3.61. The number of nitrogens with zero attached hydrogens (tertiary/aromatic N) is 2. The lowest BCUT2D eigenvalue weighted by Gasteiger charge is -2.26. The Morgan fingerprint density at radius 3 is 2.45 bits per heavy atom. The molecule has 0 spiro atoms. The van der Waals surface area contributed by atoms with Crippen LogP contribution in [-0.2, 0) is 13.2 Å². The van der Waals surface area contributed by atoms with E-state index in [2.05, 4.69) is 39.5 Å². The van der Waals surface area contributed by atoms with Crippen molar-refractivity contribution in [3.8, 4) is 5.75 Å². The maximum atomic E-state index is 5.94. The number of nitrogens with one attached hydrogen (secondary N) is 1. The van der Waals surface area contributed by atoms with Crippen molar-refractivity contribution in [3.05, 3.63) is 83.6 Å². The number of furan rings is 1. The average Bonchev–Trinajstić information content (AvgIpc) is 3.43. The standard InChI is InChI=1S/C24H29N3O2/c1-19-4-9-24(29-19)23(27-14-2-3-15-27)17-26-16-20-5-7-22(8-6-20)28-18-21-10-12-25-13-11-21/h4-13,23,26H,2-3,14-18H2,1H3. The van der Waals surface area contributed by atoms with Crippen LogP contribution in [0.2, 0.25) is 0 Å². The van der Waals surface area contributed by atoms with E-state index in [4.69, 9.17) is 9.15 Å². The molecule has 0 bridgehead atoms. The molecule has 0 radical (unpaired) electrons. The molecule has 3 heterocycles. The van der Waals surface area contributed by atoms with Crippen LogP contribution in [0.25, 0.3) is 0 Å². The Hall–Kier alpha value is -2.63. The molecule has 3 aromatic rings. The second kappa shape index (κ2) is 9.72. The number of aromatic nitrogens is 1. The summed E-state index contributed by atoms with van der Waals surface area (Å²) in [6.45, 7) is 6.57. The molecule has 29 heavy (non-hydrogen) atoms. The molecule has 2 aromatic heterocycles. The Morgan fingerprint density at radius 2 is 1.76 bits per heavy atom. The van der Waals surface area contributed by atoms with Gasteiger partial charge in [-0.1, -0.05) is 12.1 Å². The van der Waals surface area contributed by atoms with Gasteiger partial charge in [-0.05, 0) is 80.4 Å². The van der Waals surface area contributed by atoms with Crippen LogP contribution in [0, 0.1) is 6.92 Å². The van der Waals surface area contributed by atoms with Gasteiger partial charge in [-0.15, -0.1) is 0 Å². The molecule has 152 valence electrons. The largest absolute Gasteiger partial charge is 0.489 e. The van der Waals surface area contributed by atoms with Gasteiger partial charge in [0.1, 0.15) is 23.9 Å². The third-order valence-electron chi connectivity index (χ3n) is 5.42. The predicted molar refractivity (Wildman–Crippen MR) is 114 cm³/mol. The molecule has 1 aromatic carbocycles. The Balaban J connectivity index is 1.28. The monoisotopic (exact) mass is 391 g/mol. The van der Waals surface area contributed by atoms with Crippen molar-refractivity contribution in [1.82, 2.24) is 15.2 Å². The minimum atomic E-state index is 0.300. The lowest BCUT2D eigenvalue weighted by atomic mass is 10.1. The highest BCUT2D eigenvalue weighted by Gasteiger charge is 2.25. The van der Waals surface area contributed by atoms with Gasteiger partial charge < -0.3 is 14.5 Å². The first-order valence-corrected chi connectivity index (χ1v) is 10.4. The minimum Gasteiger partial charge on any atom is -0.489 e. The summed E-state index contributed by atoms with van der Waals surface area (Å²) < 4.78 is 11.8. The maximum Gasteiger partial charge on any atom is 0.122 e. The number of likely N-dealkylation sites (tertiary alicyclic amines) is 1. The molecule has 0 saturated carbocycles. The Morgan fingerprint density at radius 1 is 1.00 bits per heavy atom. The van der Waals surface area contributed by atoms with Gasteiger partial charge >= 0.3 is 0 Å². The van der Waals surface area contributed by atoms with Crippen LogP contribution < -0.4 is 10.1 Å². The van der Waals surface area contributed by atoms with Gasteiger partial charge in [0.2, 0.25) is 0 Å². The molecular weight excluding hydrogens is 362 g/mol. The molecule has 1 aliphatic heterocycles. The first-order chi connectivity index (χ1) is 14.3. The molecule has 1 saturated heterocycles. The predicted octanol–water partition coefficient (Wildman–Crippen LogP) is 4.49. The molecule has 0 amide bonds. The van der Waals surface area contributed by atoms with Crippen molar-refractivity contribution < 1.29 is 9.15 Å². The van der Waals surface area contributed by atoms with Crippen molar-refractivity contribution in [2.24, 2.45) is 0 Å². The van der Waals surface area contributed by atoms with Crippen LogP contribution in [0.5, 0.6) is 5.75 Å². The van der Waals surface area contributed by atoms with Gasteiger partial charge in [-0.2, -0.15) is 0 Å². The third-order valence-corrected chi connectivity index (χ3v) is 5.42. The summed E-state index contributed by atoms with van der Waals surface area (Å²) in [6.07, 6.45) is 6.12. The van der Waals surface area contributed by atoms with Crippen molar-refractivity contribution in [3.63, 3.8) is 0 Å². The zero-order valence-corrected chi connectivity index (χ0v) is 17.0. The lowest BCUT2D eigenvalue weighted by Crippen LogP contribution is -2.33. The quantitative estimate of drug-likeness (QED) is 0.582. The molecule has 5 heteroatoms. The topological polar surface area (TPSA) is 50.5 Å². The highest BCUT2D eigenvalue weighted by atomic mass is 16.5. The van der Waals surface area contributed by atoms with Gasteiger partial charge in [0.15, 0.2) is 0 Å². The number of hydrogen-bond donors (Lipinski definition) is 1. The van der Waals surface area contributed by atoms with E-state index >= 15 is 0 Å². The first-order valence-electron chi connectivity index (χ1n) is 10.4. The molecule has 1 N–H and O–H groups in total. The summed E-state index contributed by atoms with van der Waals surface area (Å²) in [6, 6.07) is 16.7. The van der Waals surface area contributed by atoms with Crippen molar-refractivity contribution >= 4 is 0 Å². The summed E-state index contributed by atoms with van der Waals surface area (Å²) >= 11 is 0. The Labute approximate surface area is 172 Å². The summed E-state index contributed by atoms with van der Waals surface area (Å²) in [5.74, 6) is 2.93. The fourth-order valence-electron chi connectivity index (χ4n) is 3.80. The third kappa shape index (κ3) is 5.46. The molecule has 1 unspecified atom stereocenters. The second-order valence-corrected chi connectivity index (χ2v) is 7.63. The van der Waals surface area contributed by atoms with E-state index in [0.29, 0.717) is 12.6 Å². The molecule has 4 rings (SSSR count). The van der Waals surface area contributed by atoms with E-state index in [9.17, 15) is 0 Å². The van der Waals surface area contributed by atoms with Crippen LogP contribution in [0.1, 0.15) is 41.5 Å². The van der Waals surface area contributed by atoms with E-state index in [0.717, 1.165) is 49.0 Å². The number of ether oxygens (including phenoxy) is 1. The van der Waals surface area contributed by atoms with Gasteiger partial charge in [-0.25, -0.2) is 0 Å². The highest BCUT2D eigenvalue weighted by molar-refractivity contribution is 5.27. The van der Waals surface area contributed by atoms with E-state index in [1.807, 2.05) is 31.2 Å². The molecule has 1 atom stereocenters. The SMILES string of the molecule is Cc1ccc(C(CNCc2ccc(OCc3ccncc3)cc2)N2CCCC2)o1. The van der Waals surface area contributed by atoms with Crippen LogP contribution >= 0.6 is 0 Å². The van der Waals surface area contributed by atoms with E-state index < -0.39 is 0 Å². The molecule has 1 fully saturated rings. The maximum absolute atomic E-state index is 5.94. The van der Waals surface area contributed by atoms with E-state index in [1.54, 1.807) is 12.4 Å². The van der Waals surface area contributed by atoms with Gasteiger partial charge in [0.05, 0.1) is 6.04 Å². The van der Waals surface area contributed by atoms with Crippen molar-refractivity contribution in [2.75, 3.05) is 19.6 Å². The molecule has 5 nitrogen and oxygen atoms in total. The molecule has 1 aliphatic rings. The fraction of sp³-hybridized carbons (Fsp3) is 0.375. The molecule has 0 aliphatic carbocycles. The van der Waals surface area contributed by atoms with E-state index in [-0.39, 0.29) is 0 Å². The lowest BCUT2D eigenvalue weighted by molar-refractivity contribution is 0.207. The zero-order chi connectivity index (χ0) is 19.9. The Bertz CT molecular complexity index is 871. The zero-order valence-electron chi connectivity index (χ0n) is 17.0.